The van der Waals surface area contributed by atoms with Crippen LogP contribution >= 0.6 is 0 Å². The highest BCUT2D eigenvalue weighted by Gasteiger charge is 2.33. The van der Waals surface area contributed by atoms with E-state index >= 15 is 0 Å². The van der Waals surface area contributed by atoms with Crippen LogP contribution in [-0.2, 0) is 14.3 Å². The van der Waals surface area contributed by atoms with Gasteiger partial charge in [-0.3, -0.25) is 14.9 Å². The summed E-state index contributed by atoms with van der Waals surface area (Å²) in [5.74, 6) is -2.35. The van der Waals surface area contributed by atoms with Crippen molar-refractivity contribution >= 4 is 17.8 Å². The Balaban J connectivity index is 2.04. The standard InChI is InChI=1S/C11H8FNO4/c12-7-3-1-6(2-4-7)11(16)17-8-5-9(14)13-10(8)15/h1-4,8H,5H2,(H,13,14,15). The van der Waals surface area contributed by atoms with Gasteiger partial charge in [-0.2, -0.15) is 0 Å². The molecule has 1 aliphatic rings. The molecule has 0 spiro atoms. The molecule has 1 unspecified atom stereocenters. The second-order valence-electron chi connectivity index (χ2n) is 3.52. The highest BCUT2D eigenvalue weighted by atomic mass is 19.1. The number of hydrogen-bond acceptors (Lipinski definition) is 4. The summed E-state index contributed by atoms with van der Waals surface area (Å²) >= 11 is 0. The summed E-state index contributed by atoms with van der Waals surface area (Å²) in [6, 6.07) is 4.70. The molecule has 1 N–H and O–H groups in total. The average molecular weight is 237 g/mol. The molecule has 0 aliphatic carbocycles. The second kappa shape index (κ2) is 4.32. The molecule has 1 fully saturated rings. The summed E-state index contributed by atoms with van der Waals surface area (Å²) in [5, 5.41) is 2.02. The summed E-state index contributed by atoms with van der Waals surface area (Å²) in [6.45, 7) is 0. The molecule has 2 amide bonds. The van der Waals surface area contributed by atoms with Gasteiger partial charge in [0.15, 0.2) is 6.10 Å². The fraction of sp³-hybridized carbons (Fsp3) is 0.182. The molecule has 0 radical (unpaired) electrons. The molecular formula is C11H8FNO4. The lowest BCUT2D eigenvalue weighted by Gasteiger charge is -2.08. The van der Waals surface area contributed by atoms with Crippen LogP contribution in [0.4, 0.5) is 4.39 Å². The van der Waals surface area contributed by atoms with Gasteiger partial charge in [-0.1, -0.05) is 0 Å². The third-order valence-electron chi connectivity index (χ3n) is 2.26. The molecule has 2 rings (SSSR count). The smallest absolute Gasteiger partial charge is 0.338 e. The molecule has 0 aromatic heterocycles. The van der Waals surface area contributed by atoms with Gasteiger partial charge in [-0.15, -0.1) is 0 Å². The van der Waals surface area contributed by atoms with E-state index in [1.54, 1.807) is 0 Å². The Hall–Kier alpha value is -2.24. The van der Waals surface area contributed by atoms with E-state index < -0.39 is 29.7 Å². The lowest BCUT2D eigenvalue weighted by atomic mass is 10.2. The van der Waals surface area contributed by atoms with Gasteiger partial charge in [0.25, 0.3) is 5.91 Å². The van der Waals surface area contributed by atoms with Crippen molar-refractivity contribution in [3.05, 3.63) is 35.6 Å². The molecule has 1 heterocycles. The Morgan fingerprint density at radius 3 is 2.47 bits per heavy atom. The number of ether oxygens (including phenoxy) is 1. The summed E-state index contributed by atoms with van der Waals surface area (Å²) in [7, 11) is 0. The number of esters is 1. The highest BCUT2D eigenvalue weighted by molar-refractivity contribution is 6.06. The van der Waals surface area contributed by atoms with E-state index in [9.17, 15) is 18.8 Å². The average Bonchev–Trinajstić information content (AvgIpc) is 2.58. The maximum atomic E-state index is 12.6. The molecule has 0 saturated carbocycles. The topological polar surface area (TPSA) is 72.5 Å². The molecule has 1 atom stereocenters. The SMILES string of the molecule is O=C1CC(OC(=O)c2ccc(F)cc2)C(=O)N1. The molecule has 5 nitrogen and oxygen atoms in total. The van der Waals surface area contributed by atoms with Gasteiger partial charge in [0.2, 0.25) is 5.91 Å². The van der Waals surface area contributed by atoms with Gasteiger partial charge in [0, 0.05) is 0 Å². The van der Waals surface area contributed by atoms with Crippen molar-refractivity contribution in [2.45, 2.75) is 12.5 Å². The van der Waals surface area contributed by atoms with E-state index in [0.29, 0.717) is 0 Å². The molecule has 17 heavy (non-hydrogen) atoms. The first-order valence-electron chi connectivity index (χ1n) is 4.86. The van der Waals surface area contributed by atoms with E-state index in [1.165, 1.54) is 12.1 Å². The summed E-state index contributed by atoms with van der Waals surface area (Å²) < 4.78 is 17.4. The van der Waals surface area contributed by atoms with E-state index in [1.807, 2.05) is 5.32 Å². The summed E-state index contributed by atoms with van der Waals surface area (Å²) in [6.07, 6.45) is -1.27. The third-order valence-corrected chi connectivity index (χ3v) is 2.26. The van der Waals surface area contributed by atoms with Crippen LogP contribution in [-0.4, -0.2) is 23.9 Å². The Morgan fingerprint density at radius 1 is 1.29 bits per heavy atom. The molecule has 1 aliphatic heterocycles. The number of nitrogens with one attached hydrogen (secondary N) is 1. The van der Waals surface area contributed by atoms with Gasteiger partial charge >= 0.3 is 5.97 Å². The van der Waals surface area contributed by atoms with Gasteiger partial charge in [0.1, 0.15) is 5.82 Å². The normalized spacial score (nSPS) is 19.0. The second-order valence-corrected chi connectivity index (χ2v) is 3.52. The largest absolute Gasteiger partial charge is 0.448 e. The molecule has 6 heteroatoms. The van der Waals surface area contributed by atoms with Crippen molar-refractivity contribution in [2.75, 3.05) is 0 Å². The first-order chi connectivity index (χ1) is 8.06. The minimum Gasteiger partial charge on any atom is -0.448 e. The minimum absolute atomic E-state index is 0.124. The zero-order valence-corrected chi connectivity index (χ0v) is 8.60. The van der Waals surface area contributed by atoms with Crippen LogP contribution in [0.1, 0.15) is 16.8 Å². The van der Waals surface area contributed by atoms with Crippen LogP contribution in [0.5, 0.6) is 0 Å². The van der Waals surface area contributed by atoms with Crippen molar-refractivity contribution in [3.8, 4) is 0 Å². The number of imide groups is 1. The number of halogens is 1. The Labute approximate surface area is 95.6 Å². The maximum absolute atomic E-state index is 12.6. The van der Waals surface area contributed by atoms with Crippen LogP contribution in [0, 0.1) is 5.82 Å². The van der Waals surface area contributed by atoms with Crippen LogP contribution in [0.2, 0.25) is 0 Å². The van der Waals surface area contributed by atoms with E-state index in [-0.39, 0.29) is 12.0 Å². The molecule has 1 aromatic carbocycles. The Kier molecular flexibility index (Phi) is 2.86. The molecule has 1 aromatic rings. The number of benzene rings is 1. The molecule has 88 valence electrons. The van der Waals surface area contributed by atoms with Crippen LogP contribution in [0.3, 0.4) is 0 Å². The first-order valence-corrected chi connectivity index (χ1v) is 4.86. The van der Waals surface area contributed by atoms with Crippen LogP contribution in [0.15, 0.2) is 24.3 Å². The van der Waals surface area contributed by atoms with Gasteiger partial charge < -0.3 is 4.74 Å². The molecule has 1 saturated heterocycles. The number of rotatable bonds is 2. The number of carbonyl (C=O) groups is 3. The van der Waals surface area contributed by atoms with E-state index in [2.05, 4.69) is 0 Å². The predicted molar refractivity (Wildman–Crippen MR) is 53.4 cm³/mol. The van der Waals surface area contributed by atoms with Crippen LogP contribution in [0.25, 0.3) is 0 Å². The lowest BCUT2D eigenvalue weighted by molar-refractivity contribution is -0.128. The zero-order chi connectivity index (χ0) is 12.4. The number of amides is 2. The zero-order valence-electron chi connectivity index (χ0n) is 8.60. The van der Waals surface area contributed by atoms with Crippen LogP contribution < -0.4 is 5.32 Å². The van der Waals surface area contributed by atoms with Crippen molar-refractivity contribution in [1.82, 2.24) is 5.32 Å². The van der Waals surface area contributed by atoms with Gasteiger partial charge in [-0.05, 0) is 24.3 Å². The van der Waals surface area contributed by atoms with Crippen molar-refractivity contribution in [2.24, 2.45) is 0 Å². The predicted octanol–water partition coefficient (Wildman–Crippen LogP) is 0.398. The highest BCUT2D eigenvalue weighted by Crippen LogP contribution is 2.11. The monoisotopic (exact) mass is 237 g/mol. The fourth-order valence-electron chi connectivity index (χ4n) is 1.41. The Bertz CT molecular complexity index is 483. The quantitative estimate of drug-likeness (QED) is 0.596. The van der Waals surface area contributed by atoms with Crippen molar-refractivity contribution in [3.63, 3.8) is 0 Å². The third kappa shape index (κ3) is 2.47. The van der Waals surface area contributed by atoms with Gasteiger partial charge in [-0.25, -0.2) is 9.18 Å². The van der Waals surface area contributed by atoms with E-state index in [0.717, 1.165) is 12.1 Å². The van der Waals surface area contributed by atoms with Gasteiger partial charge in [0.05, 0.1) is 12.0 Å². The summed E-state index contributed by atoms with van der Waals surface area (Å²) in [4.78, 5) is 33.5. The lowest BCUT2D eigenvalue weighted by Crippen LogP contribution is -2.28. The summed E-state index contributed by atoms with van der Waals surface area (Å²) in [5.41, 5.74) is 0.124. The Morgan fingerprint density at radius 2 is 1.94 bits per heavy atom. The maximum Gasteiger partial charge on any atom is 0.338 e. The van der Waals surface area contributed by atoms with Crippen molar-refractivity contribution in [1.29, 1.82) is 0 Å². The molecular weight excluding hydrogens is 229 g/mol. The number of hydrogen-bond donors (Lipinski definition) is 1. The number of carbonyl (C=O) groups excluding carboxylic acids is 3. The fourth-order valence-corrected chi connectivity index (χ4v) is 1.41. The minimum atomic E-state index is -1.10. The molecule has 0 bridgehead atoms. The first kappa shape index (κ1) is 11.3. The van der Waals surface area contributed by atoms with Crippen molar-refractivity contribution < 1.29 is 23.5 Å². The van der Waals surface area contributed by atoms with E-state index in [4.69, 9.17) is 4.74 Å².